The van der Waals surface area contributed by atoms with Crippen molar-refractivity contribution in [2.24, 2.45) is 0 Å². The smallest absolute Gasteiger partial charge is 0.0399 e. The molecule has 2 aromatic carbocycles. The summed E-state index contributed by atoms with van der Waals surface area (Å²) in [6, 6.07) is 15.3. The first kappa shape index (κ1) is 12.6. The standard InChI is InChI=1S/C17H19NS/c1-12-6-5-7-13(2)17(12)18-10-14-11-19-16-9-4-3-8-15(14)16/h3-9,14,18H,10-11H2,1-2H3. The summed E-state index contributed by atoms with van der Waals surface area (Å²) >= 11 is 1.98. The van der Waals surface area contributed by atoms with Gasteiger partial charge in [0.1, 0.15) is 0 Å². The van der Waals surface area contributed by atoms with E-state index in [2.05, 4.69) is 61.6 Å². The lowest BCUT2D eigenvalue weighted by molar-refractivity contribution is 0.817. The van der Waals surface area contributed by atoms with Gasteiger partial charge in [-0.05, 0) is 36.6 Å². The maximum atomic E-state index is 3.65. The molecule has 0 saturated heterocycles. The van der Waals surface area contributed by atoms with Gasteiger partial charge in [-0.1, -0.05) is 36.4 Å². The topological polar surface area (TPSA) is 12.0 Å². The molecule has 0 bridgehead atoms. The molecule has 1 N–H and O–H groups in total. The number of para-hydroxylation sites is 1. The summed E-state index contributed by atoms with van der Waals surface area (Å²) in [6.07, 6.45) is 0. The van der Waals surface area contributed by atoms with E-state index in [0.29, 0.717) is 5.92 Å². The predicted octanol–water partition coefficient (Wildman–Crippen LogP) is 4.60. The van der Waals surface area contributed by atoms with Crippen LogP contribution in [0.25, 0.3) is 0 Å². The molecular weight excluding hydrogens is 250 g/mol. The summed E-state index contributed by atoms with van der Waals surface area (Å²) in [7, 11) is 0. The van der Waals surface area contributed by atoms with E-state index in [0.717, 1.165) is 6.54 Å². The van der Waals surface area contributed by atoms with E-state index in [1.807, 2.05) is 11.8 Å². The Balaban J connectivity index is 1.75. The second-order valence-corrected chi connectivity index (χ2v) is 6.26. The summed E-state index contributed by atoms with van der Waals surface area (Å²) < 4.78 is 0. The number of aryl methyl sites for hydroxylation is 2. The van der Waals surface area contributed by atoms with Crippen LogP contribution in [0, 0.1) is 13.8 Å². The molecule has 0 aromatic heterocycles. The molecule has 1 atom stereocenters. The largest absolute Gasteiger partial charge is 0.384 e. The molecular formula is C17H19NS. The van der Waals surface area contributed by atoms with Crippen LogP contribution in [0.3, 0.4) is 0 Å². The Hall–Kier alpha value is -1.41. The second kappa shape index (κ2) is 5.30. The van der Waals surface area contributed by atoms with E-state index in [4.69, 9.17) is 0 Å². The number of benzene rings is 2. The first-order valence-electron chi connectivity index (χ1n) is 6.77. The molecule has 0 fully saturated rings. The highest BCUT2D eigenvalue weighted by Gasteiger charge is 2.22. The minimum absolute atomic E-state index is 0.625. The summed E-state index contributed by atoms with van der Waals surface area (Å²) in [5.41, 5.74) is 5.47. The molecule has 1 aliphatic heterocycles. The molecule has 3 rings (SSSR count). The van der Waals surface area contributed by atoms with E-state index in [-0.39, 0.29) is 0 Å². The molecule has 0 saturated carbocycles. The van der Waals surface area contributed by atoms with Gasteiger partial charge in [0.25, 0.3) is 0 Å². The maximum absolute atomic E-state index is 3.65. The number of hydrogen-bond acceptors (Lipinski definition) is 2. The highest BCUT2D eigenvalue weighted by atomic mass is 32.2. The molecule has 1 heterocycles. The number of hydrogen-bond donors (Lipinski definition) is 1. The van der Waals surface area contributed by atoms with Gasteiger partial charge in [-0.25, -0.2) is 0 Å². The molecule has 98 valence electrons. The Labute approximate surface area is 119 Å². The first-order chi connectivity index (χ1) is 9.25. The van der Waals surface area contributed by atoms with E-state index in [9.17, 15) is 0 Å². The van der Waals surface area contributed by atoms with Gasteiger partial charge in [-0.3, -0.25) is 0 Å². The van der Waals surface area contributed by atoms with Crippen molar-refractivity contribution in [3.8, 4) is 0 Å². The monoisotopic (exact) mass is 269 g/mol. The quantitative estimate of drug-likeness (QED) is 0.873. The Morgan fingerprint density at radius 3 is 2.58 bits per heavy atom. The normalized spacial score (nSPS) is 17.3. The Bertz CT molecular complexity index is 571. The molecule has 0 aliphatic carbocycles. The van der Waals surface area contributed by atoms with E-state index in [1.165, 1.54) is 33.0 Å². The highest BCUT2D eigenvalue weighted by molar-refractivity contribution is 7.99. The highest BCUT2D eigenvalue weighted by Crippen LogP contribution is 2.39. The van der Waals surface area contributed by atoms with Crippen LogP contribution in [-0.4, -0.2) is 12.3 Å². The second-order valence-electron chi connectivity index (χ2n) is 5.19. The molecule has 19 heavy (non-hydrogen) atoms. The minimum Gasteiger partial charge on any atom is -0.384 e. The molecule has 0 spiro atoms. The molecule has 1 unspecified atom stereocenters. The number of anilines is 1. The lowest BCUT2D eigenvalue weighted by Crippen LogP contribution is -2.13. The predicted molar refractivity (Wildman–Crippen MR) is 84.3 cm³/mol. The van der Waals surface area contributed by atoms with Crippen molar-refractivity contribution in [3.05, 3.63) is 59.2 Å². The first-order valence-corrected chi connectivity index (χ1v) is 7.76. The zero-order chi connectivity index (χ0) is 13.2. The zero-order valence-electron chi connectivity index (χ0n) is 11.4. The van der Waals surface area contributed by atoms with Gasteiger partial charge in [0.15, 0.2) is 0 Å². The van der Waals surface area contributed by atoms with Gasteiger partial charge < -0.3 is 5.32 Å². The summed E-state index contributed by atoms with van der Waals surface area (Å²) in [5, 5.41) is 3.65. The van der Waals surface area contributed by atoms with Crippen LogP contribution < -0.4 is 5.32 Å². The average molecular weight is 269 g/mol. The van der Waals surface area contributed by atoms with Gasteiger partial charge in [-0.15, -0.1) is 11.8 Å². The van der Waals surface area contributed by atoms with E-state index >= 15 is 0 Å². The fourth-order valence-electron chi connectivity index (χ4n) is 2.72. The Kier molecular flexibility index (Phi) is 3.52. The van der Waals surface area contributed by atoms with Crippen LogP contribution in [-0.2, 0) is 0 Å². The molecule has 0 amide bonds. The van der Waals surface area contributed by atoms with Crippen molar-refractivity contribution in [1.29, 1.82) is 0 Å². The van der Waals surface area contributed by atoms with Gasteiger partial charge in [-0.2, -0.15) is 0 Å². The summed E-state index contributed by atoms with van der Waals surface area (Å²) in [5.74, 6) is 1.82. The van der Waals surface area contributed by atoms with Crippen LogP contribution in [0.2, 0.25) is 0 Å². The molecule has 1 aliphatic rings. The average Bonchev–Trinajstić information content (AvgIpc) is 2.82. The third-order valence-corrected chi connectivity index (χ3v) is 5.06. The van der Waals surface area contributed by atoms with Gasteiger partial charge in [0.2, 0.25) is 0 Å². The summed E-state index contributed by atoms with van der Waals surface area (Å²) in [6.45, 7) is 5.37. The number of fused-ring (bicyclic) bond motifs is 1. The minimum atomic E-state index is 0.625. The lowest BCUT2D eigenvalue weighted by Gasteiger charge is -2.16. The fraction of sp³-hybridized carbons (Fsp3) is 0.294. The summed E-state index contributed by atoms with van der Waals surface area (Å²) in [4.78, 5) is 1.45. The van der Waals surface area contributed by atoms with Crippen molar-refractivity contribution in [1.82, 2.24) is 0 Å². The lowest BCUT2D eigenvalue weighted by atomic mass is 10.0. The third-order valence-electron chi connectivity index (χ3n) is 3.81. The van der Waals surface area contributed by atoms with Gasteiger partial charge in [0, 0.05) is 28.8 Å². The fourth-order valence-corrected chi connectivity index (χ4v) is 3.97. The molecule has 2 heteroatoms. The van der Waals surface area contributed by atoms with E-state index < -0.39 is 0 Å². The maximum Gasteiger partial charge on any atom is 0.0399 e. The van der Waals surface area contributed by atoms with Crippen LogP contribution in [0.4, 0.5) is 5.69 Å². The van der Waals surface area contributed by atoms with E-state index in [1.54, 1.807) is 0 Å². The number of nitrogens with one attached hydrogen (secondary N) is 1. The van der Waals surface area contributed by atoms with Crippen molar-refractivity contribution in [2.75, 3.05) is 17.6 Å². The van der Waals surface area contributed by atoms with Crippen LogP contribution in [0.15, 0.2) is 47.4 Å². The molecule has 2 aromatic rings. The van der Waals surface area contributed by atoms with Crippen molar-refractivity contribution in [2.45, 2.75) is 24.7 Å². The van der Waals surface area contributed by atoms with Gasteiger partial charge >= 0.3 is 0 Å². The van der Waals surface area contributed by atoms with Gasteiger partial charge in [0.05, 0.1) is 0 Å². The SMILES string of the molecule is Cc1cccc(C)c1NCC1CSc2ccccc21. The van der Waals surface area contributed by atoms with Crippen molar-refractivity contribution < 1.29 is 0 Å². The third kappa shape index (κ3) is 2.50. The Morgan fingerprint density at radius 2 is 1.79 bits per heavy atom. The van der Waals surface area contributed by atoms with Crippen molar-refractivity contribution >= 4 is 17.4 Å². The number of thioether (sulfide) groups is 1. The van der Waals surface area contributed by atoms with Crippen LogP contribution in [0.1, 0.15) is 22.6 Å². The van der Waals surface area contributed by atoms with Crippen molar-refractivity contribution in [3.63, 3.8) is 0 Å². The Morgan fingerprint density at radius 1 is 1.05 bits per heavy atom. The zero-order valence-corrected chi connectivity index (χ0v) is 12.3. The van der Waals surface area contributed by atoms with Crippen LogP contribution >= 0.6 is 11.8 Å². The molecule has 0 radical (unpaired) electrons. The van der Waals surface area contributed by atoms with Crippen LogP contribution in [0.5, 0.6) is 0 Å². The number of rotatable bonds is 3. The molecule has 1 nitrogen and oxygen atoms in total.